The van der Waals surface area contributed by atoms with Gasteiger partial charge in [0.05, 0.1) is 5.52 Å². The van der Waals surface area contributed by atoms with E-state index in [2.05, 4.69) is 32.3 Å². The Morgan fingerprint density at radius 3 is 2.95 bits per heavy atom. The van der Waals surface area contributed by atoms with Gasteiger partial charge in [-0.1, -0.05) is 12.1 Å². The molecule has 6 heteroatoms. The van der Waals surface area contributed by atoms with E-state index in [1.807, 2.05) is 17.0 Å². The van der Waals surface area contributed by atoms with Crippen LogP contribution in [0.15, 0.2) is 22.7 Å². The van der Waals surface area contributed by atoms with Gasteiger partial charge >= 0.3 is 0 Å². The van der Waals surface area contributed by atoms with E-state index in [1.165, 1.54) is 11.3 Å². The maximum atomic E-state index is 12.6. The van der Waals surface area contributed by atoms with Crippen molar-refractivity contribution in [2.24, 2.45) is 0 Å². The van der Waals surface area contributed by atoms with Crippen LogP contribution < -0.4 is 5.32 Å². The third kappa shape index (κ3) is 2.13. The smallest absolute Gasteiger partial charge is 0.245 e. The van der Waals surface area contributed by atoms with E-state index < -0.39 is 0 Å². The number of nitrogens with zero attached hydrogens (tertiary/aromatic N) is 1. The third-order valence-electron chi connectivity index (χ3n) is 4.56. The average Bonchev–Trinajstić information content (AvgIpc) is 3.11. The number of rotatable bonds is 1. The number of para-hydroxylation sites is 1. The van der Waals surface area contributed by atoms with E-state index in [0.717, 1.165) is 21.8 Å². The summed E-state index contributed by atoms with van der Waals surface area (Å²) in [5.41, 5.74) is 3.50. The molecule has 5 nitrogen and oxygen atoms in total. The lowest BCUT2D eigenvalue weighted by atomic mass is 10.0. The Labute approximate surface area is 136 Å². The van der Waals surface area contributed by atoms with Gasteiger partial charge in [0.1, 0.15) is 6.04 Å². The summed E-state index contributed by atoms with van der Waals surface area (Å²) >= 11 is 3.57. The Kier molecular flexibility index (Phi) is 3.22. The minimum absolute atomic E-state index is 0.0212. The molecule has 0 bridgehead atoms. The second-order valence-corrected chi connectivity index (χ2v) is 6.77. The molecule has 2 N–H and O–H groups in total. The lowest BCUT2D eigenvalue weighted by Crippen LogP contribution is -2.46. The van der Waals surface area contributed by atoms with Crippen LogP contribution in [0, 0.1) is 0 Å². The van der Waals surface area contributed by atoms with Crippen LogP contribution in [0.5, 0.6) is 0 Å². The Bertz CT molecular complexity index is 783. The van der Waals surface area contributed by atoms with E-state index in [0.29, 0.717) is 25.9 Å². The molecule has 1 aromatic heterocycles. The molecule has 4 rings (SSSR count). The molecule has 1 saturated heterocycles. The Hall–Kier alpha value is -1.82. The van der Waals surface area contributed by atoms with Crippen LogP contribution in [-0.2, 0) is 22.6 Å². The second kappa shape index (κ2) is 5.12. The number of hydrogen-bond acceptors (Lipinski definition) is 2. The number of hydrogen-bond donors (Lipinski definition) is 2. The summed E-state index contributed by atoms with van der Waals surface area (Å²) in [7, 11) is 0. The molecule has 1 unspecified atom stereocenters. The van der Waals surface area contributed by atoms with Gasteiger partial charge in [-0.05, 0) is 28.4 Å². The van der Waals surface area contributed by atoms with Crippen molar-refractivity contribution in [1.29, 1.82) is 0 Å². The summed E-state index contributed by atoms with van der Waals surface area (Å²) in [5.74, 6) is 0.0212. The van der Waals surface area contributed by atoms with Crippen molar-refractivity contribution < 1.29 is 9.59 Å². The summed E-state index contributed by atoms with van der Waals surface area (Å²) in [6.45, 7) is 1.31. The van der Waals surface area contributed by atoms with Gasteiger partial charge in [0.25, 0.3) is 0 Å². The fraction of sp³-hybridized carbons (Fsp3) is 0.375. The Morgan fingerprint density at radius 2 is 2.18 bits per heavy atom. The number of carbonyl (C=O) groups excluding carboxylic acids is 2. The molecule has 2 aliphatic heterocycles. The van der Waals surface area contributed by atoms with Crippen molar-refractivity contribution >= 4 is 38.6 Å². The molecule has 0 aliphatic carbocycles. The van der Waals surface area contributed by atoms with Crippen LogP contribution in [0.3, 0.4) is 0 Å². The van der Waals surface area contributed by atoms with Crippen molar-refractivity contribution in [3.8, 4) is 0 Å². The lowest BCUT2D eigenvalue weighted by Gasteiger charge is -2.29. The fourth-order valence-electron chi connectivity index (χ4n) is 3.41. The van der Waals surface area contributed by atoms with Crippen molar-refractivity contribution in [3.63, 3.8) is 0 Å². The second-order valence-electron chi connectivity index (χ2n) is 5.91. The summed E-state index contributed by atoms with van der Waals surface area (Å²) in [6.07, 6.45) is 1.89. The predicted molar refractivity (Wildman–Crippen MR) is 86.3 cm³/mol. The molecule has 0 saturated carbocycles. The van der Waals surface area contributed by atoms with Gasteiger partial charge in [0.2, 0.25) is 11.8 Å². The number of aromatic amines is 1. The summed E-state index contributed by atoms with van der Waals surface area (Å²) < 4.78 is 1.04. The van der Waals surface area contributed by atoms with E-state index in [9.17, 15) is 9.59 Å². The number of nitrogens with one attached hydrogen (secondary N) is 2. The number of aromatic nitrogens is 1. The van der Waals surface area contributed by atoms with Gasteiger partial charge in [-0.2, -0.15) is 0 Å². The van der Waals surface area contributed by atoms with Crippen molar-refractivity contribution in [1.82, 2.24) is 15.2 Å². The molecule has 22 heavy (non-hydrogen) atoms. The van der Waals surface area contributed by atoms with Crippen LogP contribution >= 0.6 is 15.9 Å². The molecule has 2 aliphatic rings. The van der Waals surface area contributed by atoms with Crippen LogP contribution in [0.4, 0.5) is 0 Å². The molecule has 2 amide bonds. The fourth-order valence-corrected chi connectivity index (χ4v) is 3.88. The van der Waals surface area contributed by atoms with E-state index in [1.54, 1.807) is 0 Å². The SMILES string of the molecule is O=C1CCC(C(=O)N2CCc3[nH]c4c(Br)cccc4c3C2)N1. The summed E-state index contributed by atoms with van der Waals surface area (Å²) in [5, 5.41) is 3.93. The third-order valence-corrected chi connectivity index (χ3v) is 5.23. The molecule has 1 atom stereocenters. The minimum Gasteiger partial charge on any atom is -0.357 e. The first-order valence-electron chi connectivity index (χ1n) is 7.49. The van der Waals surface area contributed by atoms with Crippen LogP contribution in [0.1, 0.15) is 24.1 Å². The van der Waals surface area contributed by atoms with E-state index in [-0.39, 0.29) is 17.9 Å². The Morgan fingerprint density at radius 1 is 1.32 bits per heavy atom. The molecule has 1 aromatic carbocycles. The van der Waals surface area contributed by atoms with Crippen LogP contribution in [-0.4, -0.2) is 34.3 Å². The molecule has 1 fully saturated rings. The molecule has 3 heterocycles. The van der Waals surface area contributed by atoms with Crippen molar-refractivity contribution in [2.45, 2.75) is 31.8 Å². The normalized spacial score (nSPS) is 21.0. The molecule has 0 radical (unpaired) electrons. The monoisotopic (exact) mass is 361 g/mol. The number of carbonyl (C=O) groups is 2. The van der Waals surface area contributed by atoms with Crippen LogP contribution in [0.25, 0.3) is 10.9 Å². The maximum Gasteiger partial charge on any atom is 0.245 e. The zero-order valence-corrected chi connectivity index (χ0v) is 13.6. The molecular formula is C16H16BrN3O2. The van der Waals surface area contributed by atoms with Gasteiger partial charge in [0.15, 0.2) is 0 Å². The maximum absolute atomic E-state index is 12.6. The summed E-state index contributed by atoms with van der Waals surface area (Å²) in [6, 6.07) is 5.77. The number of halogens is 1. The highest BCUT2D eigenvalue weighted by molar-refractivity contribution is 9.10. The topological polar surface area (TPSA) is 65.2 Å². The predicted octanol–water partition coefficient (Wildman–Crippen LogP) is 2.09. The lowest BCUT2D eigenvalue weighted by molar-refractivity contribution is -0.135. The van der Waals surface area contributed by atoms with Gasteiger partial charge in [-0.3, -0.25) is 9.59 Å². The number of fused-ring (bicyclic) bond motifs is 3. The minimum atomic E-state index is -0.342. The van der Waals surface area contributed by atoms with Crippen molar-refractivity contribution in [2.75, 3.05) is 6.54 Å². The highest BCUT2D eigenvalue weighted by atomic mass is 79.9. The largest absolute Gasteiger partial charge is 0.357 e. The highest BCUT2D eigenvalue weighted by Gasteiger charge is 2.33. The zero-order chi connectivity index (χ0) is 15.3. The van der Waals surface area contributed by atoms with E-state index in [4.69, 9.17) is 0 Å². The van der Waals surface area contributed by atoms with Gasteiger partial charge in [-0.15, -0.1) is 0 Å². The van der Waals surface area contributed by atoms with Gasteiger partial charge < -0.3 is 15.2 Å². The first-order chi connectivity index (χ1) is 10.6. The quantitative estimate of drug-likeness (QED) is 0.816. The number of amides is 2. The molecule has 2 aromatic rings. The van der Waals surface area contributed by atoms with Crippen molar-refractivity contribution in [3.05, 3.63) is 33.9 Å². The highest BCUT2D eigenvalue weighted by Crippen LogP contribution is 2.32. The van der Waals surface area contributed by atoms with Gasteiger partial charge in [-0.25, -0.2) is 0 Å². The van der Waals surface area contributed by atoms with Gasteiger partial charge in [0, 0.05) is 47.0 Å². The molecule has 0 spiro atoms. The number of benzene rings is 1. The average molecular weight is 362 g/mol. The molecular weight excluding hydrogens is 346 g/mol. The van der Waals surface area contributed by atoms with E-state index >= 15 is 0 Å². The van der Waals surface area contributed by atoms with Crippen LogP contribution in [0.2, 0.25) is 0 Å². The first-order valence-corrected chi connectivity index (χ1v) is 8.29. The summed E-state index contributed by atoms with van der Waals surface area (Å²) in [4.78, 5) is 29.2. The standard InChI is InChI=1S/C16H16BrN3O2/c17-11-3-1-2-9-10-8-20(7-6-12(10)19-15(9)11)16(22)13-4-5-14(21)18-13/h1-3,13,19H,4-8H2,(H,18,21). The first kappa shape index (κ1) is 13.8. The zero-order valence-electron chi connectivity index (χ0n) is 12.0. The Balaban J connectivity index is 1.63. The molecule has 114 valence electrons. The number of H-pyrrole nitrogens is 1.